The SMILES string of the molecule is Cc1ccc(NCC2CCCCCC2)c(Br)c1. The van der Waals surface area contributed by atoms with Crippen molar-refractivity contribution in [1.29, 1.82) is 0 Å². The molecule has 0 spiro atoms. The molecule has 0 heterocycles. The normalized spacial score (nSPS) is 17.8. The molecular weight excluding hydrogens is 274 g/mol. The van der Waals surface area contributed by atoms with Crippen molar-refractivity contribution in [2.75, 3.05) is 11.9 Å². The van der Waals surface area contributed by atoms with Crippen LogP contribution in [0.5, 0.6) is 0 Å². The van der Waals surface area contributed by atoms with Crippen LogP contribution >= 0.6 is 15.9 Å². The van der Waals surface area contributed by atoms with Crippen molar-refractivity contribution in [1.82, 2.24) is 0 Å². The van der Waals surface area contributed by atoms with Gasteiger partial charge >= 0.3 is 0 Å². The van der Waals surface area contributed by atoms with E-state index >= 15 is 0 Å². The summed E-state index contributed by atoms with van der Waals surface area (Å²) in [7, 11) is 0. The van der Waals surface area contributed by atoms with Gasteiger partial charge in [-0.1, -0.05) is 31.7 Å². The van der Waals surface area contributed by atoms with E-state index in [1.807, 2.05) is 0 Å². The fraction of sp³-hybridized carbons (Fsp3) is 0.600. The fourth-order valence-corrected chi connectivity index (χ4v) is 3.22. The fourth-order valence-electron chi connectivity index (χ4n) is 2.59. The lowest BCUT2D eigenvalue weighted by atomic mass is 10.0. The van der Waals surface area contributed by atoms with Crippen LogP contribution in [0.25, 0.3) is 0 Å². The Labute approximate surface area is 113 Å². The standard InChI is InChI=1S/C15H22BrN/c1-12-8-9-15(14(16)10-12)17-11-13-6-4-2-3-5-7-13/h8-10,13,17H,2-7,11H2,1H3. The Kier molecular flexibility index (Phi) is 4.90. The Morgan fingerprint density at radius 1 is 1.18 bits per heavy atom. The molecule has 1 saturated carbocycles. The number of nitrogens with one attached hydrogen (secondary N) is 1. The Hall–Kier alpha value is -0.500. The quantitative estimate of drug-likeness (QED) is 0.761. The van der Waals surface area contributed by atoms with Crippen molar-refractivity contribution in [3.63, 3.8) is 0 Å². The molecule has 1 N–H and O–H groups in total. The number of anilines is 1. The lowest BCUT2D eigenvalue weighted by Gasteiger charge is -2.16. The number of rotatable bonds is 3. The minimum absolute atomic E-state index is 0.866. The maximum Gasteiger partial charge on any atom is 0.0484 e. The summed E-state index contributed by atoms with van der Waals surface area (Å²) in [6, 6.07) is 6.52. The first-order chi connectivity index (χ1) is 8.25. The van der Waals surface area contributed by atoms with E-state index in [9.17, 15) is 0 Å². The van der Waals surface area contributed by atoms with Gasteiger partial charge in [-0.3, -0.25) is 0 Å². The van der Waals surface area contributed by atoms with Crippen molar-refractivity contribution in [3.8, 4) is 0 Å². The molecule has 0 amide bonds. The number of aryl methyl sites for hydroxylation is 1. The second-order valence-corrected chi connectivity index (χ2v) is 6.08. The lowest BCUT2D eigenvalue weighted by molar-refractivity contribution is 0.483. The summed E-state index contributed by atoms with van der Waals surface area (Å²) in [4.78, 5) is 0. The molecule has 2 heteroatoms. The van der Waals surface area contributed by atoms with Crippen LogP contribution in [0.2, 0.25) is 0 Å². The molecule has 0 aromatic heterocycles. The first-order valence-corrected chi connectivity index (χ1v) is 7.55. The van der Waals surface area contributed by atoms with Gasteiger partial charge in [-0.15, -0.1) is 0 Å². The van der Waals surface area contributed by atoms with Crippen LogP contribution < -0.4 is 5.32 Å². The van der Waals surface area contributed by atoms with E-state index in [4.69, 9.17) is 0 Å². The molecule has 1 aliphatic rings. The van der Waals surface area contributed by atoms with E-state index in [2.05, 4.69) is 46.4 Å². The third-order valence-corrected chi connectivity index (χ3v) is 4.34. The van der Waals surface area contributed by atoms with E-state index in [0.29, 0.717) is 0 Å². The zero-order valence-corrected chi connectivity index (χ0v) is 12.2. The minimum Gasteiger partial charge on any atom is -0.384 e. The van der Waals surface area contributed by atoms with Gasteiger partial charge in [-0.05, 0) is 59.3 Å². The molecule has 0 aliphatic heterocycles. The first-order valence-electron chi connectivity index (χ1n) is 6.76. The van der Waals surface area contributed by atoms with Crippen molar-refractivity contribution in [2.24, 2.45) is 5.92 Å². The predicted molar refractivity (Wildman–Crippen MR) is 78.6 cm³/mol. The van der Waals surface area contributed by atoms with Gasteiger partial charge < -0.3 is 5.32 Å². The lowest BCUT2D eigenvalue weighted by Crippen LogP contribution is -2.13. The highest BCUT2D eigenvalue weighted by molar-refractivity contribution is 9.10. The molecule has 1 fully saturated rings. The summed E-state index contributed by atoms with van der Waals surface area (Å²) in [6.07, 6.45) is 8.51. The van der Waals surface area contributed by atoms with E-state index < -0.39 is 0 Å². The average molecular weight is 296 g/mol. The highest BCUT2D eigenvalue weighted by Crippen LogP contribution is 2.26. The maximum absolute atomic E-state index is 3.63. The Morgan fingerprint density at radius 2 is 1.88 bits per heavy atom. The Balaban J connectivity index is 1.88. The van der Waals surface area contributed by atoms with Gasteiger partial charge in [0.15, 0.2) is 0 Å². The van der Waals surface area contributed by atoms with E-state index in [0.717, 1.165) is 12.5 Å². The summed E-state index contributed by atoms with van der Waals surface area (Å²) in [5.41, 5.74) is 2.54. The molecule has 1 aliphatic carbocycles. The van der Waals surface area contributed by atoms with Crippen LogP contribution in [0.4, 0.5) is 5.69 Å². The second kappa shape index (κ2) is 6.44. The van der Waals surface area contributed by atoms with Gasteiger partial charge in [0.1, 0.15) is 0 Å². The van der Waals surface area contributed by atoms with Crippen molar-refractivity contribution in [2.45, 2.75) is 45.4 Å². The van der Waals surface area contributed by atoms with E-state index in [1.165, 1.54) is 54.2 Å². The van der Waals surface area contributed by atoms with Crippen molar-refractivity contribution >= 4 is 21.6 Å². The van der Waals surface area contributed by atoms with Crippen LogP contribution in [0.15, 0.2) is 22.7 Å². The van der Waals surface area contributed by atoms with Gasteiger partial charge in [0.2, 0.25) is 0 Å². The topological polar surface area (TPSA) is 12.0 Å². The minimum atomic E-state index is 0.866. The predicted octanol–water partition coefficient (Wildman–Crippen LogP) is 5.14. The number of hydrogen-bond acceptors (Lipinski definition) is 1. The third kappa shape index (κ3) is 4.02. The first kappa shape index (κ1) is 12.9. The average Bonchev–Trinajstić information content (AvgIpc) is 2.56. The van der Waals surface area contributed by atoms with Crippen LogP contribution in [-0.4, -0.2) is 6.54 Å². The zero-order chi connectivity index (χ0) is 12.1. The number of hydrogen-bond donors (Lipinski definition) is 1. The van der Waals surface area contributed by atoms with Crippen molar-refractivity contribution in [3.05, 3.63) is 28.2 Å². The maximum atomic E-state index is 3.63. The van der Waals surface area contributed by atoms with Crippen LogP contribution in [-0.2, 0) is 0 Å². The molecule has 94 valence electrons. The molecule has 2 rings (SSSR count). The van der Waals surface area contributed by atoms with Crippen LogP contribution in [0.3, 0.4) is 0 Å². The molecule has 0 bridgehead atoms. The largest absolute Gasteiger partial charge is 0.384 e. The monoisotopic (exact) mass is 295 g/mol. The molecule has 0 radical (unpaired) electrons. The molecule has 0 atom stereocenters. The summed E-state index contributed by atoms with van der Waals surface area (Å²) in [6.45, 7) is 3.25. The molecule has 1 aromatic carbocycles. The summed E-state index contributed by atoms with van der Waals surface area (Å²) in [5.74, 6) is 0.866. The van der Waals surface area contributed by atoms with Crippen molar-refractivity contribution < 1.29 is 0 Å². The molecule has 0 saturated heterocycles. The molecule has 17 heavy (non-hydrogen) atoms. The Morgan fingerprint density at radius 3 is 2.53 bits per heavy atom. The molecule has 1 aromatic rings. The summed E-state index contributed by atoms with van der Waals surface area (Å²) in [5, 5.41) is 3.59. The van der Waals surface area contributed by atoms with Crippen LogP contribution in [0, 0.1) is 12.8 Å². The molecular formula is C15H22BrN. The zero-order valence-electron chi connectivity index (χ0n) is 10.6. The van der Waals surface area contributed by atoms with Gasteiger partial charge in [0.25, 0.3) is 0 Å². The summed E-state index contributed by atoms with van der Waals surface area (Å²) >= 11 is 3.63. The molecule has 0 unspecified atom stereocenters. The van der Waals surface area contributed by atoms with Gasteiger partial charge in [-0.25, -0.2) is 0 Å². The number of halogens is 1. The summed E-state index contributed by atoms with van der Waals surface area (Å²) < 4.78 is 1.19. The van der Waals surface area contributed by atoms with E-state index in [-0.39, 0.29) is 0 Å². The Bertz CT molecular complexity index is 354. The second-order valence-electron chi connectivity index (χ2n) is 5.22. The smallest absolute Gasteiger partial charge is 0.0484 e. The highest BCUT2D eigenvalue weighted by Gasteiger charge is 2.12. The highest BCUT2D eigenvalue weighted by atomic mass is 79.9. The van der Waals surface area contributed by atoms with Crippen LogP contribution in [0.1, 0.15) is 44.1 Å². The number of benzene rings is 1. The third-order valence-electron chi connectivity index (χ3n) is 3.68. The van der Waals surface area contributed by atoms with Gasteiger partial charge in [0, 0.05) is 16.7 Å². The van der Waals surface area contributed by atoms with Gasteiger partial charge in [0.05, 0.1) is 0 Å². The van der Waals surface area contributed by atoms with Gasteiger partial charge in [-0.2, -0.15) is 0 Å². The van der Waals surface area contributed by atoms with E-state index in [1.54, 1.807) is 0 Å². The molecule has 1 nitrogen and oxygen atoms in total.